The molecular formula is C27H52O6. The zero-order valence-electron chi connectivity index (χ0n) is 21.8. The summed E-state index contributed by atoms with van der Waals surface area (Å²) < 4.78 is 10.9. The minimum Gasteiger partial charge on any atom is -0.394 e. The highest BCUT2D eigenvalue weighted by atomic mass is 16.7. The molecule has 0 amide bonds. The summed E-state index contributed by atoms with van der Waals surface area (Å²) in [4.78, 5) is 0. The van der Waals surface area contributed by atoms with E-state index in [-0.39, 0.29) is 0 Å². The standard InChI is InChI=1S/C27H52O6/c1-19(2)10-6-11-20(3)12-7-13-21(4)14-8-15-22(5)16-9-17-32-27-26(31)25(30)24(29)23(18-28)33-27/h16,19-21,23-31H,6-15,17-18H2,1-5H3. The summed E-state index contributed by atoms with van der Waals surface area (Å²) in [6.45, 7) is 11.4. The largest absolute Gasteiger partial charge is 0.394 e. The number of allylic oxidation sites excluding steroid dienone is 1. The summed E-state index contributed by atoms with van der Waals surface area (Å²) in [5.41, 5.74) is 1.33. The van der Waals surface area contributed by atoms with Crippen LogP contribution in [0.25, 0.3) is 0 Å². The van der Waals surface area contributed by atoms with E-state index in [0.717, 1.165) is 24.2 Å². The molecule has 1 fully saturated rings. The summed E-state index contributed by atoms with van der Waals surface area (Å²) in [5.74, 6) is 2.45. The van der Waals surface area contributed by atoms with E-state index in [1.807, 2.05) is 0 Å². The van der Waals surface area contributed by atoms with E-state index in [1.165, 1.54) is 56.9 Å². The van der Waals surface area contributed by atoms with Gasteiger partial charge in [0.15, 0.2) is 6.29 Å². The zero-order chi connectivity index (χ0) is 24.8. The van der Waals surface area contributed by atoms with Gasteiger partial charge >= 0.3 is 0 Å². The summed E-state index contributed by atoms with van der Waals surface area (Å²) in [7, 11) is 0. The fraction of sp³-hybridized carbons (Fsp3) is 0.926. The van der Waals surface area contributed by atoms with E-state index >= 15 is 0 Å². The van der Waals surface area contributed by atoms with Gasteiger partial charge < -0.3 is 29.9 Å². The predicted molar refractivity (Wildman–Crippen MR) is 133 cm³/mol. The van der Waals surface area contributed by atoms with Gasteiger partial charge in [0, 0.05) is 0 Å². The normalized spacial score (nSPS) is 28.3. The molecule has 7 atom stereocenters. The van der Waals surface area contributed by atoms with Gasteiger partial charge in [-0.1, -0.05) is 84.3 Å². The van der Waals surface area contributed by atoms with Crippen LogP contribution < -0.4 is 0 Å². The van der Waals surface area contributed by atoms with Crippen LogP contribution in [0, 0.1) is 17.8 Å². The average Bonchev–Trinajstić information content (AvgIpc) is 2.76. The number of hydrogen-bond acceptors (Lipinski definition) is 6. The zero-order valence-corrected chi connectivity index (χ0v) is 21.8. The number of hydrogen-bond donors (Lipinski definition) is 4. The molecule has 33 heavy (non-hydrogen) atoms. The van der Waals surface area contributed by atoms with E-state index in [1.54, 1.807) is 0 Å². The minimum atomic E-state index is -1.40. The number of rotatable bonds is 17. The van der Waals surface area contributed by atoms with Crippen LogP contribution in [0.15, 0.2) is 11.6 Å². The summed E-state index contributed by atoms with van der Waals surface area (Å²) >= 11 is 0. The highest BCUT2D eigenvalue weighted by Gasteiger charge is 2.43. The molecule has 6 nitrogen and oxygen atoms in total. The third-order valence-electron chi connectivity index (χ3n) is 6.88. The second-order valence-electron chi connectivity index (χ2n) is 10.8. The van der Waals surface area contributed by atoms with Crippen LogP contribution in [0.2, 0.25) is 0 Å². The van der Waals surface area contributed by atoms with Crippen LogP contribution in [0.3, 0.4) is 0 Å². The van der Waals surface area contributed by atoms with Gasteiger partial charge in [-0.15, -0.1) is 0 Å². The summed E-state index contributed by atoms with van der Waals surface area (Å²) in [6, 6.07) is 0. The Balaban J connectivity index is 2.13. The van der Waals surface area contributed by atoms with Crippen LogP contribution in [0.4, 0.5) is 0 Å². The lowest BCUT2D eigenvalue weighted by atomic mass is 9.91. The molecule has 1 heterocycles. The molecule has 0 aromatic carbocycles. The molecule has 1 aliphatic rings. The van der Waals surface area contributed by atoms with Gasteiger partial charge in [0.25, 0.3) is 0 Å². The van der Waals surface area contributed by atoms with Crippen LogP contribution in [-0.4, -0.2) is 64.3 Å². The van der Waals surface area contributed by atoms with Crippen molar-refractivity contribution in [2.75, 3.05) is 13.2 Å². The lowest BCUT2D eigenvalue weighted by Gasteiger charge is -2.39. The van der Waals surface area contributed by atoms with Crippen molar-refractivity contribution in [2.24, 2.45) is 17.8 Å². The van der Waals surface area contributed by atoms with E-state index in [0.29, 0.717) is 13.0 Å². The fourth-order valence-corrected chi connectivity index (χ4v) is 4.50. The minimum absolute atomic E-state index is 0.339. The molecule has 0 aromatic rings. The van der Waals surface area contributed by atoms with Gasteiger partial charge in [-0.3, -0.25) is 0 Å². The molecule has 1 aliphatic heterocycles. The monoisotopic (exact) mass is 472 g/mol. The highest BCUT2D eigenvalue weighted by Crippen LogP contribution is 2.23. The predicted octanol–water partition coefficient (Wildman–Crippen LogP) is 4.58. The molecular weight excluding hydrogens is 420 g/mol. The van der Waals surface area contributed by atoms with Crippen molar-refractivity contribution in [2.45, 2.75) is 130 Å². The van der Waals surface area contributed by atoms with E-state index in [4.69, 9.17) is 9.47 Å². The molecule has 196 valence electrons. The van der Waals surface area contributed by atoms with Gasteiger partial charge in [0.1, 0.15) is 24.4 Å². The Morgan fingerprint density at radius 3 is 2.00 bits per heavy atom. The maximum Gasteiger partial charge on any atom is 0.186 e. The van der Waals surface area contributed by atoms with Gasteiger partial charge in [0.2, 0.25) is 0 Å². The van der Waals surface area contributed by atoms with Crippen molar-refractivity contribution in [3.63, 3.8) is 0 Å². The van der Waals surface area contributed by atoms with E-state index in [9.17, 15) is 20.4 Å². The van der Waals surface area contributed by atoms with Gasteiger partial charge in [-0.25, -0.2) is 0 Å². The molecule has 0 aromatic heterocycles. The number of aliphatic hydroxyl groups is 4. The van der Waals surface area contributed by atoms with Crippen molar-refractivity contribution >= 4 is 0 Å². The Morgan fingerprint density at radius 2 is 1.42 bits per heavy atom. The lowest BCUT2D eigenvalue weighted by molar-refractivity contribution is -0.300. The first-order valence-corrected chi connectivity index (χ1v) is 13.2. The van der Waals surface area contributed by atoms with Gasteiger partial charge in [-0.2, -0.15) is 0 Å². The van der Waals surface area contributed by atoms with Crippen LogP contribution in [0.1, 0.15) is 98.8 Å². The molecule has 0 saturated carbocycles. The Morgan fingerprint density at radius 1 is 0.848 bits per heavy atom. The van der Waals surface area contributed by atoms with Crippen molar-refractivity contribution in [1.29, 1.82) is 0 Å². The Labute approximate surface area is 202 Å². The third-order valence-corrected chi connectivity index (χ3v) is 6.88. The molecule has 0 aliphatic carbocycles. The van der Waals surface area contributed by atoms with Gasteiger partial charge in [-0.05, 0) is 43.9 Å². The van der Waals surface area contributed by atoms with Crippen molar-refractivity contribution in [3.8, 4) is 0 Å². The molecule has 1 saturated heterocycles. The molecule has 4 N–H and O–H groups in total. The topological polar surface area (TPSA) is 99.4 Å². The van der Waals surface area contributed by atoms with Crippen molar-refractivity contribution in [3.05, 3.63) is 11.6 Å². The first-order chi connectivity index (χ1) is 15.6. The first kappa shape index (κ1) is 30.5. The molecule has 0 radical (unpaired) electrons. The second-order valence-corrected chi connectivity index (χ2v) is 10.8. The highest BCUT2D eigenvalue weighted by molar-refractivity contribution is 4.97. The quantitative estimate of drug-likeness (QED) is 0.183. The van der Waals surface area contributed by atoms with Crippen LogP contribution in [0.5, 0.6) is 0 Å². The summed E-state index contributed by atoms with van der Waals surface area (Å²) in [6.07, 6.45) is 8.42. The maximum absolute atomic E-state index is 9.99. The molecule has 6 heteroatoms. The first-order valence-electron chi connectivity index (χ1n) is 13.2. The van der Waals surface area contributed by atoms with E-state index < -0.39 is 37.3 Å². The maximum atomic E-state index is 9.99. The number of aliphatic hydroxyl groups excluding tert-OH is 4. The fourth-order valence-electron chi connectivity index (χ4n) is 4.50. The lowest BCUT2D eigenvalue weighted by Crippen LogP contribution is -2.59. The Bertz CT molecular complexity index is 521. The van der Waals surface area contributed by atoms with Crippen LogP contribution in [-0.2, 0) is 9.47 Å². The van der Waals surface area contributed by atoms with Gasteiger partial charge in [0.05, 0.1) is 13.2 Å². The van der Waals surface area contributed by atoms with Crippen molar-refractivity contribution in [1.82, 2.24) is 0 Å². The SMILES string of the molecule is CC(=CCCOC1OC(CO)C(O)C(O)C1O)CCCC(C)CCCC(C)CCCC(C)C. The number of ether oxygens (including phenoxy) is 2. The smallest absolute Gasteiger partial charge is 0.186 e. The Kier molecular flexibility index (Phi) is 15.7. The molecule has 0 spiro atoms. The second kappa shape index (κ2) is 17.0. The average molecular weight is 473 g/mol. The third kappa shape index (κ3) is 12.7. The molecule has 0 bridgehead atoms. The van der Waals surface area contributed by atoms with E-state index in [2.05, 4.69) is 40.7 Å². The molecule has 1 rings (SSSR count). The Hall–Kier alpha value is -0.500. The van der Waals surface area contributed by atoms with Crippen LogP contribution >= 0.6 is 0 Å². The molecule has 7 unspecified atom stereocenters. The summed E-state index contributed by atoms with van der Waals surface area (Å²) in [5, 5.41) is 38.8. The van der Waals surface area contributed by atoms with Crippen molar-refractivity contribution < 1.29 is 29.9 Å².